The average Bonchev–Trinajstić information content (AvgIpc) is 2.39. The van der Waals surface area contributed by atoms with E-state index >= 15 is 0 Å². The van der Waals surface area contributed by atoms with Gasteiger partial charge in [0.2, 0.25) is 5.91 Å². The number of nitrogens with one attached hydrogen (secondary N) is 1. The van der Waals surface area contributed by atoms with Crippen LogP contribution in [0.3, 0.4) is 0 Å². The lowest BCUT2D eigenvalue weighted by atomic mass is 9.78. The van der Waals surface area contributed by atoms with Gasteiger partial charge in [0.1, 0.15) is 0 Å². The minimum atomic E-state index is 0.137. The Balaban J connectivity index is 1.79. The SMILES string of the molecule is CC(C(=O)NC1CCCCC1)C1CCCC(N)C1. The number of carbonyl (C=O) groups excluding carboxylic acids is 1. The normalized spacial score (nSPS) is 31.9. The van der Waals surface area contributed by atoms with Crippen LogP contribution in [0.15, 0.2) is 0 Å². The molecular formula is C15H28N2O. The molecule has 0 aliphatic heterocycles. The highest BCUT2D eigenvalue weighted by Gasteiger charge is 2.29. The van der Waals surface area contributed by atoms with Gasteiger partial charge >= 0.3 is 0 Å². The maximum atomic E-state index is 12.3. The number of carbonyl (C=O) groups is 1. The van der Waals surface area contributed by atoms with Crippen LogP contribution < -0.4 is 11.1 Å². The standard InChI is InChI=1S/C15H28N2O/c1-11(12-6-5-7-13(16)10-12)15(18)17-14-8-3-2-4-9-14/h11-14H,2-10,16H2,1H3,(H,17,18). The van der Waals surface area contributed by atoms with E-state index in [2.05, 4.69) is 12.2 Å². The summed E-state index contributed by atoms with van der Waals surface area (Å²) in [6.07, 6.45) is 10.7. The fraction of sp³-hybridized carbons (Fsp3) is 0.933. The molecule has 0 aromatic carbocycles. The minimum Gasteiger partial charge on any atom is -0.353 e. The number of nitrogens with two attached hydrogens (primary N) is 1. The maximum Gasteiger partial charge on any atom is 0.223 e. The van der Waals surface area contributed by atoms with E-state index in [-0.39, 0.29) is 11.8 Å². The molecule has 3 N–H and O–H groups in total. The van der Waals surface area contributed by atoms with Gasteiger partial charge in [-0.1, -0.05) is 32.6 Å². The first-order valence-corrected chi connectivity index (χ1v) is 7.72. The van der Waals surface area contributed by atoms with Gasteiger partial charge in [-0.25, -0.2) is 0 Å². The highest BCUT2D eigenvalue weighted by Crippen LogP contribution is 2.30. The Kier molecular flexibility index (Phi) is 5.04. The summed E-state index contributed by atoms with van der Waals surface area (Å²) >= 11 is 0. The maximum absolute atomic E-state index is 12.3. The summed E-state index contributed by atoms with van der Waals surface area (Å²) in [6, 6.07) is 0.750. The summed E-state index contributed by atoms with van der Waals surface area (Å²) in [5, 5.41) is 3.25. The van der Waals surface area contributed by atoms with E-state index in [9.17, 15) is 4.79 Å². The molecule has 2 aliphatic rings. The summed E-state index contributed by atoms with van der Waals surface area (Å²) in [6.45, 7) is 2.08. The summed E-state index contributed by atoms with van der Waals surface area (Å²) in [5.74, 6) is 0.900. The molecule has 18 heavy (non-hydrogen) atoms. The zero-order chi connectivity index (χ0) is 13.0. The molecule has 104 valence electrons. The molecule has 0 heterocycles. The highest BCUT2D eigenvalue weighted by molar-refractivity contribution is 5.78. The van der Waals surface area contributed by atoms with Crippen LogP contribution in [0.2, 0.25) is 0 Å². The van der Waals surface area contributed by atoms with Gasteiger partial charge in [-0.2, -0.15) is 0 Å². The molecule has 0 aromatic rings. The van der Waals surface area contributed by atoms with Crippen molar-refractivity contribution in [3.63, 3.8) is 0 Å². The van der Waals surface area contributed by atoms with Gasteiger partial charge in [0.05, 0.1) is 0 Å². The van der Waals surface area contributed by atoms with Gasteiger partial charge in [0.15, 0.2) is 0 Å². The van der Waals surface area contributed by atoms with Crippen LogP contribution >= 0.6 is 0 Å². The van der Waals surface area contributed by atoms with Crippen LogP contribution in [0.1, 0.15) is 64.7 Å². The summed E-state index contributed by atoms with van der Waals surface area (Å²) in [5.41, 5.74) is 6.02. The van der Waals surface area contributed by atoms with E-state index in [4.69, 9.17) is 5.73 Å². The molecule has 2 rings (SSSR count). The molecule has 3 atom stereocenters. The zero-order valence-corrected chi connectivity index (χ0v) is 11.7. The van der Waals surface area contributed by atoms with E-state index in [0.717, 1.165) is 12.8 Å². The molecular weight excluding hydrogens is 224 g/mol. The second kappa shape index (κ2) is 6.55. The van der Waals surface area contributed by atoms with E-state index in [1.165, 1.54) is 44.9 Å². The summed E-state index contributed by atoms with van der Waals surface area (Å²) in [7, 11) is 0. The fourth-order valence-electron chi connectivity index (χ4n) is 3.51. The number of hydrogen-bond acceptors (Lipinski definition) is 2. The third-order valence-corrected chi connectivity index (χ3v) is 4.83. The Hall–Kier alpha value is -0.570. The first kappa shape index (κ1) is 13.9. The minimum absolute atomic E-state index is 0.137. The lowest BCUT2D eigenvalue weighted by Crippen LogP contribution is -2.43. The van der Waals surface area contributed by atoms with Crippen molar-refractivity contribution in [3.8, 4) is 0 Å². The van der Waals surface area contributed by atoms with Crippen molar-refractivity contribution < 1.29 is 4.79 Å². The Bertz CT molecular complexity index is 274. The molecule has 0 aromatic heterocycles. The lowest BCUT2D eigenvalue weighted by molar-refractivity contribution is -0.127. The number of amides is 1. The molecule has 3 unspecified atom stereocenters. The molecule has 1 amide bonds. The molecule has 0 spiro atoms. The van der Waals surface area contributed by atoms with Gasteiger partial charge in [-0.3, -0.25) is 4.79 Å². The molecule has 0 bridgehead atoms. The van der Waals surface area contributed by atoms with Crippen molar-refractivity contribution in [3.05, 3.63) is 0 Å². The monoisotopic (exact) mass is 252 g/mol. The Morgan fingerprint density at radius 2 is 1.83 bits per heavy atom. The van der Waals surface area contributed by atoms with Crippen LogP contribution in [0.5, 0.6) is 0 Å². The van der Waals surface area contributed by atoms with Crippen molar-refractivity contribution in [1.29, 1.82) is 0 Å². The average molecular weight is 252 g/mol. The molecule has 3 nitrogen and oxygen atoms in total. The van der Waals surface area contributed by atoms with Crippen LogP contribution in [0.25, 0.3) is 0 Å². The molecule has 2 aliphatic carbocycles. The second-order valence-corrected chi connectivity index (χ2v) is 6.32. The van der Waals surface area contributed by atoms with Crippen LogP contribution in [0, 0.1) is 11.8 Å². The Labute approximate surface area is 111 Å². The van der Waals surface area contributed by atoms with E-state index < -0.39 is 0 Å². The van der Waals surface area contributed by atoms with E-state index in [1.54, 1.807) is 0 Å². The molecule has 0 saturated heterocycles. The summed E-state index contributed by atoms with van der Waals surface area (Å²) in [4.78, 5) is 12.3. The molecule has 0 radical (unpaired) electrons. The van der Waals surface area contributed by atoms with Crippen molar-refractivity contribution in [2.45, 2.75) is 76.8 Å². The molecule has 2 fully saturated rings. The molecule has 3 heteroatoms. The van der Waals surface area contributed by atoms with Gasteiger partial charge in [-0.05, 0) is 38.0 Å². The van der Waals surface area contributed by atoms with Crippen LogP contribution in [-0.4, -0.2) is 18.0 Å². The number of rotatable bonds is 3. The number of hydrogen-bond donors (Lipinski definition) is 2. The Morgan fingerprint density at radius 1 is 1.11 bits per heavy atom. The third kappa shape index (κ3) is 3.71. The van der Waals surface area contributed by atoms with Crippen molar-refractivity contribution in [1.82, 2.24) is 5.32 Å². The Morgan fingerprint density at radius 3 is 2.50 bits per heavy atom. The van der Waals surface area contributed by atoms with Gasteiger partial charge in [-0.15, -0.1) is 0 Å². The molecule has 2 saturated carbocycles. The fourth-order valence-corrected chi connectivity index (χ4v) is 3.51. The van der Waals surface area contributed by atoms with Gasteiger partial charge in [0.25, 0.3) is 0 Å². The van der Waals surface area contributed by atoms with E-state index in [1.807, 2.05) is 0 Å². The van der Waals surface area contributed by atoms with Crippen molar-refractivity contribution in [2.24, 2.45) is 17.6 Å². The third-order valence-electron chi connectivity index (χ3n) is 4.83. The van der Waals surface area contributed by atoms with Gasteiger partial charge in [0, 0.05) is 18.0 Å². The largest absolute Gasteiger partial charge is 0.353 e. The zero-order valence-electron chi connectivity index (χ0n) is 11.7. The topological polar surface area (TPSA) is 55.1 Å². The smallest absolute Gasteiger partial charge is 0.223 e. The predicted octanol–water partition coefficient (Wildman–Crippen LogP) is 2.59. The first-order valence-electron chi connectivity index (χ1n) is 7.72. The second-order valence-electron chi connectivity index (χ2n) is 6.32. The summed E-state index contributed by atoms with van der Waals surface area (Å²) < 4.78 is 0. The quantitative estimate of drug-likeness (QED) is 0.811. The first-order chi connectivity index (χ1) is 8.66. The highest BCUT2D eigenvalue weighted by atomic mass is 16.1. The predicted molar refractivity (Wildman–Crippen MR) is 74.1 cm³/mol. The van der Waals surface area contributed by atoms with Crippen LogP contribution in [-0.2, 0) is 4.79 Å². The van der Waals surface area contributed by atoms with Crippen molar-refractivity contribution >= 4 is 5.91 Å². The van der Waals surface area contributed by atoms with Crippen LogP contribution in [0.4, 0.5) is 0 Å². The lowest BCUT2D eigenvalue weighted by Gasteiger charge is -2.32. The van der Waals surface area contributed by atoms with E-state index in [0.29, 0.717) is 18.0 Å². The van der Waals surface area contributed by atoms with Gasteiger partial charge < -0.3 is 11.1 Å². The van der Waals surface area contributed by atoms with Crippen molar-refractivity contribution in [2.75, 3.05) is 0 Å².